The number of nitrogens with one attached hydrogen (secondary N) is 1. The summed E-state index contributed by atoms with van der Waals surface area (Å²) in [6.45, 7) is 0. The number of nitrogens with zero attached hydrogens (tertiary/aromatic N) is 3. The SMILES string of the molecule is COc1ccccc1-c1nnc(SCC(=O)NC2(C#N)CCCCCC2)o1. The summed E-state index contributed by atoms with van der Waals surface area (Å²) in [5.74, 6) is 0.907. The highest BCUT2D eigenvalue weighted by Crippen LogP contribution is 2.31. The quantitative estimate of drug-likeness (QED) is 0.598. The van der Waals surface area contributed by atoms with Crippen LogP contribution in [0, 0.1) is 11.3 Å². The minimum Gasteiger partial charge on any atom is -0.496 e. The van der Waals surface area contributed by atoms with Crippen LogP contribution in [0.4, 0.5) is 0 Å². The maximum Gasteiger partial charge on any atom is 0.277 e. The molecule has 142 valence electrons. The normalized spacial score (nSPS) is 16.1. The molecule has 0 atom stereocenters. The number of thioether (sulfide) groups is 1. The molecule has 0 aliphatic heterocycles. The van der Waals surface area contributed by atoms with E-state index in [1.807, 2.05) is 24.3 Å². The maximum absolute atomic E-state index is 12.3. The van der Waals surface area contributed by atoms with Gasteiger partial charge in [-0.15, -0.1) is 10.2 Å². The number of hydrogen-bond acceptors (Lipinski definition) is 7. The van der Waals surface area contributed by atoms with Crippen LogP contribution in [-0.2, 0) is 4.79 Å². The molecule has 1 aromatic carbocycles. The smallest absolute Gasteiger partial charge is 0.277 e. The molecule has 1 N–H and O–H groups in total. The summed E-state index contributed by atoms with van der Waals surface area (Å²) in [5, 5.41) is 20.8. The summed E-state index contributed by atoms with van der Waals surface area (Å²) in [6.07, 6.45) is 5.57. The van der Waals surface area contributed by atoms with Crippen LogP contribution in [0.2, 0.25) is 0 Å². The van der Waals surface area contributed by atoms with Gasteiger partial charge in [0.1, 0.15) is 11.3 Å². The average Bonchev–Trinajstić information content (AvgIpc) is 3.05. The second kappa shape index (κ2) is 8.91. The molecule has 1 fully saturated rings. The van der Waals surface area contributed by atoms with Gasteiger partial charge in [0.05, 0.1) is 24.5 Å². The lowest BCUT2D eigenvalue weighted by Gasteiger charge is -2.26. The first-order valence-electron chi connectivity index (χ1n) is 8.98. The van der Waals surface area contributed by atoms with Gasteiger partial charge in [0.2, 0.25) is 5.91 Å². The van der Waals surface area contributed by atoms with Crippen molar-refractivity contribution in [2.24, 2.45) is 0 Å². The molecule has 1 aromatic heterocycles. The number of aromatic nitrogens is 2. The Hall–Kier alpha value is -2.53. The van der Waals surface area contributed by atoms with Gasteiger partial charge in [-0.05, 0) is 25.0 Å². The molecule has 0 radical (unpaired) electrons. The topological polar surface area (TPSA) is 101 Å². The fraction of sp³-hybridized carbons (Fsp3) is 0.474. The van der Waals surface area contributed by atoms with Crippen molar-refractivity contribution in [3.63, 3.8) is 0 Å². The van der Waals surface area contributed by atoms with Crippen molar-refractivity contribution in [1.29, 1.82) is 5.26 Å². The minimum atomic E-state index is -0.744. The first kappa shape index (κ1) is 19.2. The summed E-state index contributed by atoms with van der Waals surface area (Å²) < 4.78 is 10.9. The van der Waals surface area contributed by atoms with Crippen molar-refractivity contribution in [3.8, 4) is 23.3 Å². The monoisotopic (exact) mass is 386 g/mol. The summed E-state index contributed by atoms with van der Waals surface area (Å²) in [7, 11) is 1.58. The molecule has 8 heteroatoms. The first-order chi connectivity index (χ1) is 13.2. The van der Waals surface area contributed by atoms with E-state index in [2.05, 4.69) is 21.6 Å². The third-order valence-electron chi connectivity index (χ3n) is 4.62. The number of nitriles is 1. The van der Waals surface area contributed by atoms with Gasteiger partial charge in [-0.1, -0.05) is 49.6 Å². The first-order valence-corrected chi connectivity index (χ1v) is 9.96. The standard InChI is InChI=1S/C19H22N4O3S/c1-25-15-9-5-4-8-14(15)17-22-23-18(26-17)27-12-16(24)21-19(13-20)10-6-2-3-7-11-19/h4-5,8-9H,2-3,6-7,10-12H2,1H3,(H,21,24). The van der Waals surface area contributed by atoms with Crippen LogP contribution < -0.4 is 10.1 Å². The second-order valence-corrected chi connectivity index (χ2v) is 7.44. The zero-order valence-electron chi connectivity index (χ0n) is 15.2. The van der Waals surface area contributed by atoms with E-state index in [0.717, 1.165) is 37.4 Å². The van der Waals surface area contributed by atoms with Crippen LogP contribution in [0.5, 0.6) is 5.75 Å². The Bertz CT molecular complexity index is 822. The number of carbonyl (C=O) groups excluding carboxylic acids is 1. The molecular formula is C19H22N4O3S. The number of hydrogen-bond donors (Lipinski definition) is 1. The van der Waals surface area contributed by atoms with Crippen LogP contribution >= 0.6 is 11.8 Å². The molecule has 7 nitrogen and oxygen atoms in total. The van der Waals surface area contributed by atoms with Crippen molar-refractivity contribution in [2.45, 2.75) is 49.3 Å². The highest BCUT2D eigenvalue weighted by molar-refractivity contribution is 7.99. The van der Waals surface area contributed by atoms with Crippen LogP contribution in [0.25, 0.3) is 11.5 Å². The number of carbonyl (C=O) groups is 1. The lowest BCUT2D eigenvalue weighted by Crippen LogP contribution is -2.47. The largest absolute Gasteiger partial charge is 0.496 e. The molecule has 0 spiro atoms. The molecule has 0 saturated heterocycles. The Morgan fingerprint density at radius 1 is 1.30 bits per heavy atom. The number of benzene rings is 1. The zero-order valence-corrected chi connectivity index (χ0v) is 16.1. The Balaban J connectivity index is 1.60. The molecule has 1 amide bonds. The van der Waals surface area contributed by atoms with E-state index in [4.69, 9.17) is 9.15 Å². The molecule has 1 aliphatic rings. The van der Waals surface area contributed by atoms with Crippen molar-refractivity contribution in [1.82, 2.24) is 15.5 Å². The predicted molar refractivity (Wildman–Crippen MR) is 101 cm³/mol. The summed E-state index contributed by atoms with van der Waals surface area (Å²) in [4.78, 5) is 12.3. The third kappa shape index (κ3) is 4.80. The molecular weight excluding hydrogens is 364 g/mol. The third-order valence-corrected chi connectivity index (χ3v) is 5.44. The van der Waals surface area contributed by atoms with Gasteiger partial charge in [-0.2, -0.15) is 5.26 Å². The molecule has 1 saturated carbocycles. The Morgan fingerprint density at radius 3 is 2.74 bits per heavy atom. The van der Waals surface area contributed by atoms with E-state index >= 15 is 0 Å². The van der Waals surface area contributed by atoms with Gasteiger partial charge in [0.25, 0.3) is 11.1 Å². The Kier molecular flexibility index (Phi) is 6.35. The molecule has 0 bridgehead atoms. The van der Waals surface area contributed by atoms with E-state index in [1.54, 1.807) is 7.11 Å². The second-order valence-electron chi connectivity index (χ2n) is 6.52. The summed E-state index contributed by atoms with van der Waals surface area (Å²) in [5.41, 5.74) is -0.0448. The van der Waals surface area contributed by atoms with Crippen LogP contribution in [0.3, 0.4) is 0 Å². The van der Waals surface area contributed by atoms with Crippen molar-refractivity contribution in [3.05, 3.63) is 24.3 Å². The van der Waals surface area contributed by atoms with Crippen LogP contribution in [0.15, 0.2) is 33.9 Å². The number of methoxy groups -OCH3 is 1. The molecule has 27 heavy (non-hydrogen) atoms. The lowest BCUT2D eigenvalue weighted by molar-refractivity contribution is -0.120. The Labute approximate surface area is 162 Å². The van der Waals surface area contributed by atoms with Crippen LogP contribution in [-0.4, -0.2) is 34.5 Å². The van der Waals surface area contributed by atoms with Gasteiger partial charge < -0.3 is 14.5 Å². The van der Waals surface area contributed by atoms with E-state index in [1.165, 1.54) is 0 Å². The van der Waals surface area contributed by atoms with Gasteiger partial charge in [-0.25, -0.2) is 0 Å². The molecule has 1 heterocycles. The molecule has 0 unspecified atom stereocenters. The van der Waals surface area contributed by atoms with E-state index in [-0.39, 0.29) is 11.7 Å². The van der Waals surface area contributed by atoms with Gasteiger partial charge in [0, 0.05) is 0 Å². The zero-order chi connectivity index (χ0) is 19.1. The lowest BCUT2D eigenvalue weighted by atomic mass is 9.92. The number of para-hydroxylation sites is 1. The average molecular weight is 386 g/mol. The fourth-order valence-corrected chi connectivity index (χ4v) is 3.79. The molecule has 3 rings (SSSR count). The number of rotatable bonds is 6. The van der Waals surface area contributed by atoms with Crippen molar-refractivity contribution >= 4 is 17.7 Å². The highest BCUT2D eigenvalue weighted by atomic mass is 32.2. The number of ether oxygens (including phenoxy) is 1. The summed E-state index contributed by atoms with van der Waals surface area (Å²) in [6, 6.07) is 9.68. The fourth-order valence-electron chi connectivity index (χ4n) is 3.23. The predicted octanol–water partition coefficient (Wildman–Crippen LogP) is 3.57. The minimum absolute atomic E-state index is 0.122. The summed E-state index contributed by atoms with van der Waals surface area (Å²) >= 11 is 1.16. The molecule has 2 aromatic rings. The Morgan fingerprint density at radius 2 is 2.04 bits per heavy atom. The maximum atomic E-state index is 12.3. The van der Waals surface area contributed by atoms with E-state index < -0.39 is 5.54 Å². The van der Waals surface area contributed by atoms with Gasteiger partial charge >= 0.3 is 0 Å². The van der Waals surface area contributed by atoms with E-state index in [0.29, 0.717) is 35.3 Å². The van der Waals surface area contributed by atoms with Gasteiger partial charge in [0.15, 0.2) is 0 Å². The van der Waals surface area contributed by atoms with Crippen molar-refractivity contribution < 1.29 is 13.9 Å². The number of amides is 1. The highest BCUT2D eigenvalue weighted by Gasteiger charge is 2.32. The van der Waals surface area contributed by atoms with Gasteiger partial charge in [-0.3, -0.25) is 4.79 Å². The van der Waals surface area contributed by atoms with Crippen molar-refractivity contribution in [2.75, 3.05) is 12.9 Å². The van der Waals surface area contributed by atoms with E-state index in [9.17, 15) is 10.1 Å². The molecule has 1 aliphatic carbocycles. The van der Waals surface area contributed by atoms with Crippen LogP contribution in [0.1, 0.15) is 38.5 Å².